The Kier molecular flexibility index (Phi) is 3.22. The van der Waals surface area contributed by atoms with Crippen molar-refractivity contribution in [3.8, 4) is 0 Å². The van der Waals surface area contributed by atoms with E-state index < -0.39 is 17.8 Å². The van der Waals surface area contributed by atoms with Gasteiger partial charge in [0.15, 0.2) is 0 Å². The fourth-order valence-corrected chi connectivity index (χ4v) is 5.25. The third kappa shape index (κ3) is 1.90. The molecule has 23 heavy (non-hydrogen) atoms. The molecule has 7 heteroatoms. The largest absolute Gasteiger partial charge is 0.478 e. The van der Waals surface area contributed by atoms with Gasteiger partial charge in [0.1, 0.15) is 0 Å². The molecule has 0 aromatic heterocycles. The summed E-state index contributed by atoms with van der Waals surface area (Å²) in [6.07, 6.45) is 0.723. The summed E-state index contributed by atoms with van der Waals surface area (Å²) < 4.78 is 0. The molecule has 2 amide bonds. The number of fused-ring (bicyclic) bond motifs is 5. The second kappa shape index (κ2) is 4.95. The van der Waals surface area contributed by atoms with E-state index in [1.54, 1.807) is 0 Å². The van der Waals surface area contributed by atoms with Crippen LogP contribution < -0.4 is 4.90 Å². The first kappa shape index (κ1) is 15.0. The quantitative estimate of drug-likeness (QED) is 0.654. The molecular weight excluding hydrogens is 341 g/mol. The number of aromatic carboxylic acids is 1. The fraction of sp³-hybridized carbons (Fsp3) is 0.438. The van der Waals surface area contributed by atoms with Crippen LogP contribution in [0.4, 0.5) is 5.69 Å². The van der Waals surface area contributed by atoms with Crippen LogP contribution in [0.1, 0.15) is 16.8 Å². The van der Waals surface area contributed by atoms with Crippen LogP contribution >= 0.6 is 23.2 Å². The summed E-state index contributed by atoms with van der Waals surface area (Å²) in [6, 6.07) is 5.74. The van der Waals surface area contributed by atoms with Crippen molar-refractivity contribution < 1.29 is 19.5 Å². The molecule has 1 aliphatic heterocycles. The first-order valence-corrected chi connectivity index (χ1v) is 8.28. The van der Waals surface area contributed by atoms with E-state index >= 15 is 0 Å². The maximum atomic E-state index is 12.7. The monoisotopic (exact) mass is 353 g/mol. The highest BCUT2D eigenvalue weighted by Gasteiger charge is 2.66. The summed E-state index contributed by atoms with van der Waals surface area (Å²) in [5.74, 6) is -2.47. The molecule has 4 rings (SSSR count). The Morgan fingerprint density at radius 1 is 1.00 bits per heavy atom. The number of carbonyl (C=O) groups excluding carboxylic acids is 2. The van der Waals surface area contributed by atoms with Gasteiger partial charge in [-0.2, -0.15) is 0 Å². The van der Waals surface area contributed by atoms with Crippen molar-refractivity contribution in [1.29, 1.82) is 0 Å². The summed E-state index contributed by atoms with van der Waals surface area (Å²) in [4.78, 5) is 37.6. The Morgan fingerprint density at radius 3 is 1.91 bits per heavy atom. The van der Waals surface area contributed by atoms with Crippen LogP contribution in [0.2, 0.25) is 0 Å². The van der Waals surface area contributed by atoms with Crippen LogP contribution in [0.25, 0.3) is 0 Å². The lowest BCUT2D eigenvalue weighted by atomic mass is 9.80. The standard InChI is InChI=1S/C16H13Cl2NO4/c17-12-8-5-9(13(12)18)11-10(8)14(20)19(15(11)21)7-3-1-6(2-4-7)16(22)23/h1-4,8-13H,5H2,(H,22,23)/t8-,9-,10-,11-,12-,13+/m0/s1. The van der Waals surface area contributed by atoms with Crippen molar-refractivity contribution in [2.24, 2.45) is 23.7 Å². The topological polar surface area (TPSA) is 74.7 Å². The highest BCUT2D eigenvalue weighted by molar-refractivity contribution is 6.32. The molecule has 2 saturated carbocycles. The number of hydrogen-bond donors (Lipinski definition) is 1. The zero-order chi connectivity index (χ0) is 16.5. The highest BCUT2D eigenvalue weighted by atomic mass is 35.5. The summed E-state index contributed by atoms with van der Waals surface area (Å²) in [5.41, 5.74) is 0.505. The summed E-state index contributed by atoms with van der Waals surface area (Å²) in [6.45, 7) is 0. The second-order valence-electron chi connectivity index (χ2n) is 6.37. The number of imide groups is 1. The van der Waals surface area contributed by atoms with E-state index in [0.29, 0.717) is 5.69 Å². The van der Waals surface area contributed by atoms with Gasteiger partial charge in [-0.25, -0.2) is 4.79 Å². The molecule has 1 N–H and O–H groups in total. The van der Waals surface area contributed by atoms with Gasteiger partial charge < -0.3 is 5.11 Å². The zero-order valence-electron chi connectivity index (χ0n) is 11.9. The number of benzene rings is 1. The van der Waals surface area contributed by atoms with E-state index in [0.717, 1.165) is 6.42 Å². The molecule has 3 aliphatic rings. The number of carboxylic acid groups (broad SMARTS) is 1. The van der Waals surface area contributed by atoms with Crippen molar-refractivity contribution >= 4 is 46.7 Å². The van der Waals surface area contributed by atoms with Crippen molar-refractivity contribution in [2.75, 3.05) is 4.90 Å². The molecule has 1 aromatic rings. The minimum absolute atomic E-state index is 0.0612. The van der Waals surface area contributed by atoms with Crippen LogP contribution in [0.3, 0.4) is 0 Å². The van der Waals surface area contributed by atoms with Gasteiger partial charge in [0, 0.05) is 0 Å². The van der Waals surface area contributed by atoms with Gasteiger partial charge in [0.05, 0.1) is 33.8 Å². The normalized spacial score (nSPS) is 38.3. The van der Waals surface area contributed by atoms with Gasteiger partial charge in [0.25, 0.3) is 0 Å². The summed E-state index contributed by atoms with van der Waals surface area (Å²) >= 11 is 12.6. The van der Waals surface area contributed by atoms with Gasteiger partial charge in [-0.15, -0.1) is 23.2 Å². The molecule has 3 fully saturated rings. The smallest absolute Gasteiger partial charge is 0.335 e. The Bertz CT molecular complexity index is 687. The van der Waals surface area contributed by atoms with Crippen molar-refractivity contribution in [2.45, 2.75) is 17.2 Å². The molecule has 2 bridgehead atoms. The minimum atomic E-state index is -1.06. The third-order valence-electron chi connectivity index (χ3n) is 5.36. The van der Waals surface area contributed by atoms with E-state index in [9.17, 15) is 14.4 Å². The number of carboxylic acids is 1. The molecular formula is C16H13Cl2NO4. The Labute approximate surface area is 142 Å². The molecule has 1 saturated heterocycles. The van der Waals surface area contributed by atoms with Crippen molar-refractivity contribution in [3.63, 3.8) is 0 Å². The number of rotatable bonds is 2. The molecule has 0 spiro atoms. The molecule has 2 aliphatic carbocycles. The number of alkyl halides is 2. The van der Waals surface area contributed by atoms with Gasteiger partial charge in [-0.05, 0) is 42.5 Å². The second-order valence-corrected chi connectivity index (χ2v) is 7.38. The number of anilines is 1. The van der Waals surface area contributed by atoms with E-state index in [-0.39, 0.29) is 40.0 Å². The van der Waals surface area contributed by atoms with Crippen LogP contribution in [-0.4, -0.2) is 33.6 Å². The third-order valence-corrected chi connectivity index (χ3v) is 6.68. The van der Waals surface area contributed by atoms with Gasteiger partial charge in [-0.1, -0.05) is 0 Å². The predicted molar refractivity (Wildman–Crippen MR) is 83.8 cm³/mol. The predicted octanol–water partition coefficient (Wildman–Crippen LogP) is 2.35. The first-order chi connectivity index (χ1) is 10.9. The fourth-order valence-electron chi connectivity index (χ4n) is 4.36. The number of carbonyl (C=O) groups is 3. The summed E-state index contributed by atoms with van der Waals surface area (Å²) in [5, 5.41) is 8.37. The minimum Gasteiger partial charge on any atom is -0.478 e. The highest BCUT2D eigenvalue weighted by Crippen LogP contribution is 2.59. The average molecular weight is 354 g/mol. The molecule has 120 valence electrons. The number of halogens is 2. The van der Waals surface area contributed by atoms with E-state index in [2.05, 4.69) is 0 Å². The maximum absolute atomic E-state index is 12.7. The lowest BCUT2D eigenvalue weighted by Gasteiger charge is -2.28. The van der Waals surface area contributed by atoms with E-state index in [4.69, 9.17) is 28.3 Å². The molecule has 6 atom stereocenters. The van der Waals surface area contributed by atoms with E-state index in [1.807, 2.05) is 0 Å². The Hall–Kier alpha value is -1.59. The van der Waals surface area contributed by atoms with Crippen LogP contribution in [-0.2, 0) is 9.59 Å². The number of amides is 2. The van der Waals surface area contributed by atoms with Gasteiger partial charge >= 0.3 is 5.97 Å². The SMILES string of the molecule is O=C(O)c1ccc(N2C(=O)[C@H]3[C@@H]4C[C@H]([C@@H](Cl)[C@H]4Cl)[C@@H]3C2=O)cc1. The Morgan fingerprint density at radius 2 is 1.48 bits per heavy atom. The summed E-state index contributed by atoms with van der Waals surface area (Å²) in [7, 11) is 0. The molecule has 1 aromatic carbocycles. The van der Waals surface area contributed by atoms with E-state index in [1.165, 1.54) is 29.2 Å². The molecule has 5 nitrogen and oxygen atoms in total. The van der Waals surface area contributed by atoms with Gasteiger partial charge in [-0.3, -0.25) is 14.5 Å². The number of nitrogens with zero attached hydrogens (tertiary/aromatic N) is 1. The lowest BCUT2D eigenvalue weighted by molar-refractivity contribution is -0.123. The zero-order valence-corrected chi connectivity index (χ0v) is 13.4. The molecule has 1 heterocycles. The first-order valence-electron chi connectivity index (χ1n) is 7.41. The number of hydrogen-bond acceptors (Lipinski definition) is 3. The van der Waals surface area contributed by atoms with Crippen LogP contribution in [0.5, 0.6) is 0 Å². The lowest BCUT2D eigenvalue weighted by Crippen LogP contribution is -2.37. The van der Waals surface area contributed by atoms with Crippen molar-refractivity contribution in [1.82, 2.24) is 0 Å². The van der Waals surface area contributed by atoms with Crippen LogP contribution in [0.15, 0.2) is 24.3 Å². The molecule has 0 unspecified atom stereocenters. The van der Waals surface area contributed by atoms with Crippen LogP contribution in [0, 0.1) is 23.7 Å². The molecule has 0 radical (unpaired) electrons. The van der Waals surface area contributed by atoms with Gasteiger partial charge in [0.2, 0.25) is 11.8 Å². The Balaban J connectivity index is 1.68. The van der Waals surface area contributed by atoms with Crippen molar-refractivity contribution in [3.05, 3.63) is 29.8 Å². The average Bonchev–Trinajstić information content (AvgIpc) is 3.12. The maximum Gasteiger partial charge on any atom is 0.335 e.